The smallest absolute Gasteiger partial charge is 0.445 e. The number of rotatable bonds is 3. The van der Waals surface area contributed by atoms with E-state index in [0.717, 1.165) is 12.0 Å². The second kappa shape index (κ2) is 5.56. The molecule has 5 nitrogen and oxygen atoms in total. The molecule has 1 amide bonds. The van der Waals surface area contributed by atoms with Gasteiger partial charge in [-0.1, -0.05) is 23.5 Å². The maximum atomic E-state index is 12.4. The van der Waals surface area contributed by atoms with Crippen LogP contribution in [0, 0.1) is 0 Å². The van der Waals surface area contributed by atoms with Crippen LogP contribution in [-0.4, -0.2) is 22.7 Å². The summed E-state index contributed by atoms with van der Waals surface area (Å²) < 4.78 is 42.7. The van der Waals surface area contributed by atoms with Gasteiger partial charge in [0.25, 0.3) is 5.91 Å². The molecule has 0 bridgehead atoms. The topological polar surface area (TPSA) is 64.1 Å². The summed E-state index contributed by atoms with van der Waals surface area (Å²) in [7, 11) is 0. The van der Waals surface area contributed by atoms with E-state index in [1.807, 2.05) is 6.07 Å². The second-order valence-corrected chi connectivity index (χ2v) is 5.64. The molecule has 1 aromatic heterocycles. The Balaban J connectivity index is 1.68. The number of hydrogen-bond donors (Lipinski definition) is 1. The average Bonchev–Trinajstić information content (AvgIpc) is 3.12. The molecule has 2 heterocycles. The van der Waals surface area contributed by atoms with Gasteiger partial charge in [-0.25, -0.2) is 0 Å². The van der Waals surface area contributed by atoms with Gasteiger partial charge in [0.2, 0.25) is 5.01 Å². The quantitative estimate of drug-likeness (QED) is 0.939. The number of halogens is 3. The third-order valence-corrected chi connectivity index (χ3v) is 4.04. The van der Waals surface area contributed by atoms with Crippen LogP contribution in [0.25, 0.3) is 0 Å². The van der Waals surface area contributed by atoms with E-state index in [4.69, 9.17) is 4.74 Å². The highest BCUT2D eigenvalue weighted by Gasteiger charge is 2.35. The molecule has 0 unspecified atom stereocenters. The van der Waals surface area contributed by atoms with Crippen molar-refractivity contribution in [3.05, 3.63) is 39.3 Å². The van der Waals surface area contributed by atoms with Gasteiger partial charge in [0.1, 0.15) is 10.8 Å². The van der Waals surface area contributed by atoms with E-state index in [1.54, 1.807) is 12.1 Å². The van der Waals surface area contributed by atoms with Gasteiger partial charge in [0.05, 0.1) is 18.7 Å². The normalized spacial score (nSPS) is 13.6. The standard InChI is InChI=1S/C13H10F3N3O2S/c14-13(15,16)12-19-18-9(22-12)6-17-11(20)8-3-1-2-7-4-5-21-10(7)8/h1-3H,4-6H2,(H,17,20). The molecule has 3 rings (SSSR count). The Bertz CT molecular complexity index is 715. The number of benzene rings is 1. The summed E-state index contributed by atoms with van der Waals surface area (Å²) in [5, 5.41) is 8.08. The van der Waals surface area contributed by atoms with Gasteiger partial charge in [-0.15, -0.1) is 10.2 Å². The van der Waals surface area contributed by atoms with Crippen molar-refractivity contribution in [1.82, 2.24) is 15.5 Å². The number of carbonyl (C=O) groups is 1. The number of aromatic nitrogens is 2. The molecule has 1 aliphatic heterocycles. The molecule has 2 aromatic rings. The van der Waals surface area contributed by atoms with E-state index >= 15 is 0 Å². The van der Waals surface area contributed by atoms with Crippen LogP contribution < -0.4 is 10.1 Å². The second-order valence-electron chi connectivity index (χ2n) is 4.57. The van der Waals surface area contributed by atoms with E-state index < -0.39 is 17.1 Å². The lowest BCUT2D eigenvalue weighted by molar-refractivity contribution is -0.138. The van der Waals surface area contributed by atoms with Crippen molar-refractivity contribution < 1.29 is 22.7 Å². The van der Waals surface area contributed by atoms with Gasteiger partial charge in [-0.2, -0.15) is 13.2 Å². The lowest BCUT2D eigenvalue weighted by Gasteiger charge is -2.07. The monoisotopic (exact) mass is 329 g/mol. The third-order valence-electron chi connectivity index (χ3n) is 3.07. The van der Waals surface area contributed by atoms with Gasteiger partial charge in [0.15, 0.2) is 0 Å². The van der Waals surface area contributed by atoms with Crippen molar-refractivity contribution in [3.8, 4) is 5.75 Å². The van der Waals surface area contributed by atoms with E-state index in [2.05, 4.69) is 15.5 Å². The van der Waals surface area contributed by atoms with Crippen LogP contribution in [0.5, 0.6) is 5.75 Å². The molecule has 1 aliphatic rings. The van der Waals surface area contributed by atoms with Crippen molar-refractivity contribution >= 4 is 17.2 Å². The first-order valence-corrected chi connectivity index (χ1v) is 7.19. The molecule has 0 radical (unpaired) electrons. The number of nitrogens with zero attached hydrogens (tertiary/aromatic N) is 2. The van der Waals surface area contributed by atoms with E-state index in [-0.39, 0.29) is 11.6 Å². The van der Waals surface area contributed by atoms with Crippen molar-refractivity contribution in [3.63, 3.8) is 0 Å². The summed E-state index contributed by atoms with van der Waals surface area (Å²) in [5.74, 6) is 0.121. The van der Waals surface area contributed by atoms with Crippen LogP contribution in [0.4, 0.5) is 13.2 Å². The number of carbonyl (C=O) groups excluding carboxylic acids is 1. The predicted molar refractivity (Wildman–Crippen MR) is 71.7 cm³/mol. The summed E-state index contributed by atoms with van der Waals surface area (Å²) in [6.45, 7) is 0.404. The van der Waals surface area contributed by atoms with Gasteiger partial charge in [0, 0.05) is 6.42 Å². The summed E-state index contributed by atoms with van der Waals surface area (Å²) >= 11 is 0.409. The maximum Gasteiger partial charge on any atom is 0.445 e. The van der Waals surface area contributed by atoms with Gasteiger partial charge in [-0.05, 0) is 11.6 Å². The Morgan fingerprint density at radius 3 is 2.91 bits per heavy atom. The summed E-state index contributed by atoms with van der Waals surface area (Å²) in [5.41, 5.74) is 1.32. The number of nitrogens with one attached hydrogen (secondary N) is 1. The molecule has 0 saturated heterocycles. The van der Waals surface area contributed by atoms with Crippen LogP contribution in [0.2, 0.25) is 0 Å². The average molecular weight is 329 g/mol. The van der Waals surface area contributed by atoms with Gasteiger partial charge < -0.3 is 10.1 Å². The number of hydrogen-bond acceptors (Lipinski definition) is 5. The van der Waals surface area contributed by atoms with Crippen LogP contribution in [0.3, 0.4) is 0 Å². The van der Waals surface area contributed by atoms with Crippen molar-refractivity contribution in [2.24, 2.45) is 0 Å². The fourth-order valence-electron chi connectivity index (χ4n) is 2.08. The molecule has 0 fully saturated rings. The van der Waals surface area contributed by atoms with Crippen LogP contribution in [0.1, 0.15) is 25.9 Å². The highest BCUT2D eigenvalue weighted by Crippen LogP contribution is 2.32. The number of fused-ring (bicyclic) bond motifs is 1. The Morgan fingerprint density at radius 1 is 1.36 bits per heavy atom. The van der Waals surface area contributed by atoms with Crippen molar-refractivity contribution in [2.45, 2.75) is 19.1 Å². The van der Waals surface area contributed by atoms with E-state index in [0.29, 0.717) is 29.3 Å². The predicted octanol–water partition coefficient (Wildman–Crippen LogP) is 2.42. The Kier molecular flexibility index (Phi) is 3.73. The summed E-state index contributed by atoms with van der Waals surface area (Å²) in [4.78, 5) is 12.1. The lowest BCUT2D eigenvalue weighted by Crippen LogP contribution is -2.23. The minimum Gasteiger partial charge on any atom is -0.492 e. The largest absolute Gasteiger partial charge is 0.492 e. The fraction of sp³-hybridized carbons (Fsp3) is 0.308. The van der Waals surface area contributed by atoms with Crippen LogP contribution in [0.15, 0.2) is 18.2 Å². The van der Waals surface area contributed by atoms with Gasteiger partial charge >= 0.3 is 6.18 Å². The molecule has 0 saturated carbocycles. The summed E-state index contributed by atoms with van der Waals surface area (Å²) in [6.07, 6.45) is -3.78. The number of ether oxygens (including phenoxy) is 1. The van der Waals surface area contributed by atoms with Gasteiger partial charge in [-0.3, -0.25) is 4.79 Å². The zero-order valence-corrected chi connectivity index (χ0v) is 11.9. The maximum absolute atomic E-state index is 12.4. The third kappa shape index (κ3) is 2.89. The Morgan fingerprint density at radius 2 is 2.18 bits per heavy atom. The molecular formula is C13H10F3N3O2S. The molecule has 0 aliphatic carbocycles. The Hall–Kier alpha value is -2.16. The first-order chi connectivity index (χ1) is 10.4. The molecule has 116 valence electrons. The van der Waals surface area contributed by atoms with Crippen molar-refractivity contribution in [2.75, 3.05) is 6.61 Å². The number of amides is 1. The SMILES string of the molecule is O=C(NCc1nnc(C(F)(F)F)s1)c1cccc2c1OCC2. The molecule has 0 atom stereocenters. The minimum atomic E-state index is -4.52. The highest BCUT2D eigenvalue weighted by molar-refractivity contribution is 7.11. The highest BCUT2D eigenvalue weighted by atomic mass is 32.1. The molecule has 22 heavy (non-hydrogen) atoms. The molecular weight excluding hydrogens is 319 g/mol. The summed E-state index contributed by atoms with van der Waals surface area (Å²) in [6, 6.07) is 5.23. The van der Waals surface area contributed by atoms with Crippen LogP contribution >= 0.6 is 11.3 Å². The lowest BCUT2D eigenvalue weighted by atomic mass is 10.1. The molecule has 9 heteroatoms. The molecule has 1 N–H and O–H groups in total. The van der Waals surface area contributed by atoms with E-state index in [9.17, 15) is 18.0 Å². The Labute approximate surface area is 127 Å². The number of alkyl halides is 3. The first-order valence-electron chi connectivity index (χ1n) is 6.37. The molecule has 0 spiro atoms. The first kappa shape index (κ1) is 14.8. The fourth-order valence-corrected chi connectivity index (χ4v) is 2.73. The van der Waals surface area contributed by atoms with E-state index in [1.165, 1.54) is 0 Å². The number of para-hydroxylation sites is 1. The van der Waals surface area contributed by atoms with Crippen molar-refractivity contribution in [1.29, 1.82) is 0 Å². The van der Waals surface area contributed by atoms with Crippen LogP contribution in [-0.2, 0) is 19.1 Å². The zero-order valence-electron chi connectivity index (χ0n) is 11.1. The zero-order chi connectivity index (χ0) is 15.7. The molecule has 1 aromatic carbocycles. The minimum absolute atomic E-state index is 0.0918.